The minimum Gasteiger partial charge on any atom is -0.365 e. The van der Waals surface area contributed by atoms with E-state index in [9.17, 15) is 0 Å². The van der Waals surface area contributed by atoms with Crippen LogP contribution in [-0.4, -0.2) is 10.5 Å². The molecule has 13 heavy (non-hydrogen) atoms. The molecule has 1 N–H and O–H groups in total. The molecule has 2 nitrogen and oxygen atoms in total. The topological polar surface area (TPSA) is 24.9 Å². The van der Waals surface area contributed by atoms with Crippen molar-refractivity contribution in [2.75, 3.05) is 5.32 Å². The zero-order chi connectivity index (χ0) is 9.15. The van der Waals surface area contributed by atoms with Gasteiger partial charge < -0.3 is 5.32 Å². The van der Waals surface area contributed by atoms with Crippen molar-refractivity contribution in [2.45, 2.75) is 38.1 Å². The summed E-state index contributed by atoms with van der Waals surface area (Å²) in [6.45, 7) is 2.24. The molecule has 1 aliphatic rings. The number of aromatic nitrogens is 1. The van der Waals surface area contributed by atoms with Crippen molar-refractivity contribution in [3.63, 3.8) is 0 Å². The zero-order valence-corrected chi connectivity index (χ0v) is 8.09. The molecule has 2 heteroatoms. The number of rotatable bonds is 4. The molecule has 1 aromatic heterocycles. The van der Waals surface area contributed by atoms with Crippen LogP contribution < -0.4 is 5.32 Å². The Morgan fingerprint density at radius 2 is 2.31 bits per heavy atom. The van der Waals surface area contributed by atoms with Crippen LogP contribution in [0, 0.1) is 0 Å². The Hall–Kier alpha value is -1.05. The number of pyridine rings is 1. The molecule has 1 aliphatic carbocycles. The van der Waals surface area contributed by atoms with E-state index >= 15 is 0 Å². The van der Waals surface area contributed by atoms with E-state index in [0.29, 0.717) is 5.54 Å². The van der Waals surface area contributed by atoms with E-state index in [-0.39, 0.29) is 0 Å². The highest BCUT2D eigenvalue weighted by Crippen LogP contribution is 2.42. The van der Waals surface area contributed by atoms with Gasteiger partial charge >= 0.3 is 0 Å². The van der Waals surface area contributed by atoms with Crippen LogP contribution in [0.15, 0.2) is 24.4 Å². The van der Waals surface area contributed by atoms with Crippen LogP contribution >= 0.6 is 0 Å². The predicted molar refractivity (Wildman–Crippen MR) is 54.7 cm³/mol. The summed E-state index contributed by atoms with van der Waals surface area (Å²) < 4.78 is 0. The zero-order valence-electron chi connectivity index (χ0n) is 8.09. The molecule has 0 aliphatic heterocycles. The number of nitrogens with one attached hydrogen (secondary N) is 1. The number of hydrogen-bond donors (Lipinski definition) is 1. The Morgan fingerprint density at radius 3 is 2.85 bits per heavy atom. The summed E-state index contributed by atoms with van der Waals surface area (Å²) in [6.07, 6.45) is 6.96. The molecule has 2 rings (SSSR count). The van der Waals surface area contributed by atoms with Crippen molar-refractivity contribution in [3.8, 4) is 0 Å². The van der Waals surface area contributed by atoms with Crippen molar-refractivity contribution in [3.05, 3.63) is 24.4 Å². The van der Waals surface area contributed by atoms with E-state index < -0.39 is 0 Å². The van der Waals surface area contributed by atoms with E-state index in [2.05, 4.69) is 17.2 Å². The second-order valence-electron chi connectivity index (χ2n) is 3.87. The maximum absolute atomic E-state index is 4.28. The van der Waals surface area contributed by atoms with Crippen LogP contribution in [0.1, 0.15) is 32.6 Å². The molecule has 0 amide bonds. The summed E-state index contributed by atoms with van der Waals surface area (Å²) >= 11 is 0. The minimum absolute atomic E-state index is 0.392. The average Bonchev–Trinajstić information content (AvgIpc) is 2.87. The molecule has 0 unspecified atom stereocenters. The van der Waals surface area contributed by atoms with Gasteiger partial charge in [0.25, 0.3) is 0 Å². The molecule has 0 spiro atoms. The molecular weight excluding hydrogens is 160 g/mol. The molecule has 1 aromatic rings. The fourth-order valence-corrected chi connectivity index (χ4v) is 1.78. The second kappa shape index (κ2) is 3.36. The van der Waals surface area contributed by atoms with Gasteiger partial charge in [-0.25, -0.2) is 4.98 Å². The van der Waals surface area contributed by atoms with Gasteiger partial charge in [0, 0.05) is 11.7 Å². The first-order valence-corrected chi connectivity index (χ1v) is 5.04. The first kappa shape index (κ1) is 8.54. The molecular formula is C11H16N2. The Balaban J connectivity index is 1.98. The van der Waals surface area contributed by atoms with E-state index in [1.54, 1.807) is 0 Å². The van der Waals surface area contributed by atoms with Crippen molar-refractivity contribution in [2.24, 2.45) is 0 Å². The van der Waals surface area contributed by atoms with Gasteiger partial charge in [0.2, 0.25) is 0 Å². The van der Waals surface area contributed by atoms with Gasteiger partial charge in [0.1, 0.15) is 5.82 Å². The molecule has 0 aromatic carbocycles. The number of nitrogens with zero attached hydrogens (tertiary/aromatic N) is 1. The van der Waals surface area contributed by atoms with Crippen molar-refractivity contribution in [1.82, 2.24) is 4.98 Å². The highest BCUT2D eigenvalue weighted by molar-refractivity contribution is 5.39. The van der Waals surface area contributed by atoms with Crippen LogP contribution in [0.3, 0.4) is 0 Å². The van der Waals surface area contributed by atoms with Crippen molar-refractivity contribution >= 4 is 5.82 Å². The van der Waals surface area contributed by atoms with Crippen LogP contribution in [0.4, 0.5) is 5.82 Å². The largest absolute Gasteiger partial charge is 0.365 e. The number of anilines is 1. The lowest BCUT2D eigenvalue weighted by Crippen LogP contribution is -2.21. The monoisotopic (exact) mass is 176 g/mol. The Bertz CT molecular complexity index is 265. The fraction of sp³-hybridized carbons (Fsp3) is 0.545. The third-order valence-electron chi connectivity index (χ3n) is 2.64. The smallest absolute Gasteiger partial charge is 0.126 e. The summed E-state index contributed by atoms with van der Waals surface area (Å²) in [5, 5.41) is 3.52. The van der Waals surface area contributed by atoms with Gasteiger partial charge in [-0.05, 0) is 31.4 Å². The minimum atomic E-state index is 0.392. The van der Waals surface area contributed by atoms with Crippen LogP contribution in [-0.2, 0) is 0 Å². The van der Waals surface area contributed by atoms with E-state index in [4.69, 9.17) is 0 Å². The first-order valence-electron chi connectivity index (χ1n) is 5.04. The molecule has 0 atom stereocenters. The second-order valence-corrected chi connectivity index (χ2v) is 3.87. The van der Waals surface area contributed by atoms with E-state index in [0.717, 1.165) is 5.82 Å². The lowest BCUT2D eigenvalue weighted by atomic mass is 10.1. The fourth-order valence-electron chi connectivity index (χ4n) is 1.78. The van der Waals surface area contributed by atoms with Gasteiger partial charge in [0.05, 0.1) is 0 Å². The van der Waals surface area contributed by atoms with Gasteiger partial charge in [0.15, 0.2) is 0 Å². The summed E-state index contributed by atoms with van der Waals surface area (Å²) in [5.74, 6) is 1.02. The predicted octanol–water partition coefficient (Wildman–Crippen LogP) is 2.83. The molecule has 1 saturated carbocycles. The SMILES string of the molecule is CCCC1(Nc2ccccn2)CC1. The maximum Gasteiger partial charge on any atom is 0.126 e. The summed E-state index contributed by atoms with van der Waals surface area (Å²) in [7, 11) is 0. The Morgan fingerprint density at radius 1 is 1.46 bits per heavy atom. The normalized spacial score (nSPS) is 18.2. The highest BCUT2D eigenvalue weighted by atomic mass is 15.1. The maximum atomic E-state index is 4.28. The van der Waals surface area contributed by atoms with Crippen molar-refractivity contribution < 1.29 is 0 Å². The Labute approximate surface area is 79.4 Å². The third-order valence-corrected chi connectivity index (χ3v) is 2.64. The molecule has 70 valence electrons. The average molecular weight is 176 g/mol. The van der Waals surface area contributed by atoms with Crippen LogP contribution in [0.2, 0.25) is 0 Å². The highest BCUT2D eigenvalue weighted by Gasteiger charge is 2.41. The van der Waals surface area contributed by atoms with Gasteiger partial charge in [-0.1, -0.05) is 19.4 Å². The number of hydrogen-bond acceptors (Lipinski definition) is 2. The third kappa shape index (κ3) is 2.00. The Kier molecular flexibility index (Phi) is 2.21. The quantitative estimate of drug-likeness (QED) is 0.763. The van der Waals surface area contributed by atoms with Crippen LogP contribution in [0.25, 0.3) is 0 Å². The lowest BCUT2D eigenvalue weighted by molar-refractivity contribution is 0.636. The van der Waals surface area contributed by atoms with E-state index in [1.165, 1.54) is 25.7 Å². The summed E-state index contributed by atoms with van der Waals surface area (Å²) in [5.41, 5.74) is 0.392. The first-order chi connectivity index (χ1) is 6.35. The molecule has 0 bridgehead atoms. The summed E-state index contributed by atoms with van der Waals surface area (Å²) in [4.78, 5) is 4.28. The standard InChI is InChI=1S/C11H16N2/c1-2-6-11(7-8-11)13-10-5-3-4-9-12-10/h3-5,9H,2,6-8H2,1H3,(H,12,13). The van der Waals surface area contributed by atoms with Crippen molar-refractivity contribution in [1.29, 1.82) is 0 Å². The molecule has 0 radical (unpaired) electrons. The van der Waals surface area contributed by atoms with E-state index in [1.807, 2.05) is 24.4 Å². The molecule has 0 saturated heterocycles. The van der Waals surface area contributed by atoms with Gasteiger partial charge in [-0.2, -0.15) is 0 Å². The molecule has 1 heterocycles. The molecule has 1 fully saturated rings. The van der Waals surface area contributed by atoms with Gasteiger partial charge in [-0.3, -0.25) is 0 Å². The summed E-state index contributed by atoms with van der Waals surface area (Å²) in [6, 6.07) is 6.01. The van der Waals surface area contributed by atoms with Gasteiger partial charge in [-0.15, -0.1) is 0 Å². The van der Waals surface area contributed by atoms with Crippen LogP contribution in [0.5, 0.6) is 0 Å². The lowest BCUT2D eigenvalue weighted by Gasteiger charge is -2.16.